The SMILES string of the molecule is O=c1c([N+](=O)[O-])c(N2CCCC(c3ccncn3)C2)nc2ccccn12. The lowest BCUT2D eigenvalue weighted by molar-refractivity contribution is -0.385. The number of hydrogen-bond donors (Lipinski definition) is 0. The van der Waals surface area contributed by atoms with Crippen LogP contribution in [-0.4, -0.2) is 37.4 Å². The van der Waals surface area contributed by atoms with E-state index in [-0.39, 0.29) is 11.7 Å². The molecule has 9 heteroatoms. The highest BCUT2D eigenvalue weighted by molar-refractivity contribution is 5.61. The Morgan fingerprint density at radius 1 is 1.27 bits per heavy atom. The van der Waals surface area contributed by atoms with Gasteiger partial charge in [-0.05, 0) is 31.0 Å². The number of nitrogens with zero attached hydrogens (tertiary/aromatic N) is 6. The van der Waals surface area contributed by atoms with Crippen molar-refractivity contribution in [2.75, 3.05) is 18.0 Å². The topological polar surface area (TPSA) is 107 Å². The van der Waals surface area contributed by atoms with Crippen molar-refractivity contribution >= 4 is 17.2 Å². The van der Waals surface area contributed by atoms with Crippen LogP contribution in [-0.2, 0) is 0 Å². The minimum Gasteiger partial charge on any atom is -0.350 e. The fraction of sp³-hybridized carbons (Fsp3) is 0.294. The maximum Gasteiger partial charge on any atom is 0.376 e. The fourth-order valence-corrected chi connectivity index (χ4v) is 3.40. The van der Waals surface area contributed by atoms with Crippen LogP contribution in [0.25, 0.3) is 5.65 Å². The fourth-order valence-electron chi connectivity index (χ4n) is 3.40. The van der Waals surface area contributed by atoms with Gasteiger partial charge in [0.1, 0.15) is 12.0 Å². The predicted octanol–water partition coefficient (Wildman–Crippen LogP) is 1.78. The van der Waals surface area contributed by atoms with Crippen molar-refractivity contribution in [1.82, 2.24) is 19.4 Å². The van der Waals surface area contributed by atoms with Gasteiger partial charge in [0, 0.05) is 37.1 Å². The second kappa shape index (κ2) is 6.51. The Morgan fingerprint density at radius 3 is 2.92 bits per heavy atom. The molecule has 26 heavy (non-hydrogen) atoms. The van der Waals surface area contributed by atoms with Crippen LogP contribution < -0.4 is 10.5 Å². The normalized spacial score (nSPS) is 17.4. The Labute approximate surface area is 148 Å². The summed E-state index contributed by atoms with van der Waals surface area (Å²) in [5, 5.41) is 11.6. The van der Waals surface area contributed by atoms with Crippen molar-refractivity contribution in [1.29, 1.82) is 0 Å². The van der Waals surface area contributed by atoms with E-state index >= 15 is 0 Å². The second-order valence-electron chi connectivity index (χ2n) is 6.19. The lowest BCUT2D eigenvalue weighted by Gasteiger charge is -2.32. The quantitative estimate of drug-likeness (QED) is 0.522. The summed E-state index contributed by atoms with van der Waals surface area (Å²) < 4.78 is 1.20. The predicted molar refractivity (Wildman–Crippen MR) is 94.3 cm³/mol. The standard InChI is InChI=1S/C17H16N6O3/c24-17-15(23(25)26)16(20-14-5-1-2-9-22(14)17)21-8-3-4-12(10-21)13-6-7-18-11-19-13/h1-2,5-7,9,11-12H,3-4,8,10H2. The molecule has 9 nitrogen and oxygen atoms in total. The maximum atomic E-state index is 12.6. The molecule has 1 atom stereocenters. The summed E-state index contributed by atoms with van der Waals surface area (Å²) in [4.78, 5) is 38.0. The molecule has 1 unspecified atom stereocenters. The first-order valence-electron chi connectivity index (χ1n) is 8.32. The number of anilines is 1. The van der Waals surface area contributed by atoms with E-state index < -0.39 is 16.2 Å². The first-order chi connectivity index (χ1) is 12.6. The number of rotatable bonds is 3. The molecule has 0 spiro atoms. The summed E-state index contributed by atoms with van der Waals surface area (Å²) in [7, 11) is 0. The van der Waals surface area contributed by atoms with Gasteiger partial charge >= 0.3 is 11.2 Å². The highest BCUT2D eigenvalue weighted by Crippen LogP contribution is 2.31. The van der Waals surface area contributed by atoms with Crippen molar-refractivity contribution in [3.05, 3.63) is 69.1 Å². The summed E-state index contributed by atoms with van der Waals surface area (Å²) in [5.74, 6) is 0.243. The van der Waals surface area contributed by atoms with Gasteiger partial charge in [-0.1, -0.05) is 6.07 Å². The zero-order valence-corrected chi connectivity index (χ0v) is 13.9. The molecule has 1 fully saturated rings. The van der Waals surface area contributed by atoms with Crippen LogP contribution in [0.2, 0.25) is 0 Å². The molecule has 1 saturated heterocycles. The number of nitro groups is 1. The number of hydrogen-bond acceptors (Lipinski definition) is 7. The molecule has 1 aliphatic heterocycles. The minimum absolute atomic E-state index is 0.113. The second-order valence-corrected chi connectivity index (χ2v) is 6.19. The Kier molecular flexibility index (Phi) is 4.04. The third-order valence-electron chi connectivity index (χ3n) is 4.62. The van der Waals surface area contributed by atoms with Crippen molar-refractivity contribution < 1.29 is 4.92 Å². The molecular weight excluding hydrogens is 336 g/mol. The van der Waals surface area contributed by atoms with E-state index in [1.807, 2.05) is 11.0 Å². The van der Waals surface area contributed by atoms with Crippen LogP contribution in [0.15, 0.2) is 47.8 Å². The van der Waals surface area contributed by atoms with E-state index in [1.54, 1.807) is 24.4 Å². The van der Waals surface area contributed by atoms with Gasteiger partial charge in [0.05, 0.1) is 4.92 Å². The smallest absolute Gasteiger partial charge is 0.350 e. The number of pyridine rings is 1. The van der Waals surface area contributed by atoms with Crippen LogP contribution in [0.1, 0.15) is 24.5 Å². The Hall–Kier alpha value is -3.36. The van der Waals surface area contributed by atoms with Gasteiger partial charge in [0.25, 0.3) is 0 Å². The van der Waals surface area contributed by atoms with Crippen molar-refractivity contribution in [3.8, 4) is 0 Å². The summed E-state index contributed by atoms with van der Waals surface area (Å²) in [6.07, 6.45) is 6.43. The van der Waals surface area contributed by atoms with Gasteiger partial charge < -0.3 is 4.90 Å². The Balaban J connectivity index is 1.79. The van der Waals surface area contributed by atoms with E-state index in [4.69, 9.17) is 0 Å². The molecular formula is C17H16N6O3. The van der Waals surface area contributed by atoms with E-state index in [2.05, 4.69) is 15.0 Å². The monoisotopic (exact) mass is 352 g/mol. The highest BCUT2D eigenvalue weighted by atomic mass is 16.6. The van der Waals surface area contributed by atoms with Crippen LogP contribution in [0.5, 0.6) is 0 Å². The highest BCUT2D eigenvalue weighted by Gasteiger charge is 2.31. The third kappa shape index (κ3) is 2.77. The van der Waals surface area contributed by atoms with Gasteiger partial charge in [-0.2, -0.15) is 0 Å². The Bertz CT molecular complexity index is 1020. The average Bonchev–Trinajstić information content (AvgIpc) is 2.68. The van der Waals surface area contributed by atoms with Gasteiger partial charge in [-0.3, -0.25) is 19.3 Å². The lowest BCUT2D eigenvalue weighted by Crippen LogP contribution is -2.37. The van der Waals surface area contributed by atoms with Gasteiger partial charge in [0.2, 0.25) is 5.82 Å². The molecule has 1 aliphatic rings. The molecule has 0 aliphatic carbocycles. The molecule has 4 heterocycles. The van der Waals surface area contributed by atoms with Crippen molar-refractivity contribution in [2.24, 2.45) is 0 Å². The first-order valence-corrected chi connectivity index (χ1v) is 8.32. The zero-order chi connectivity index (χ0) is 18.1. The van der Waals surface area contributed by atoms with Gasteiger partial charge in [0.15, 0.2) is 0 Å². The van der Waals surface area contributed by atoms with E-state index in [1.165, 1.54) is 16.9 Å². The molecule has 3 aromatic rings. The van der Waals surface area contributed by atoms with E-state index in [0.717, 1.165) is 18.5 Å². The summed E-state index contributed by atoms with van der Waals surface area (Å²) in [5.41, 5.74) is 0.129. The zero-order valence-electron chi connectivity index (χ0n) is 13.9. The molecule has 0 bridgehead atoms. The Morgan fingerprint density at radius 2 is 2.15 bits per heavy atom. The van der Waals surface area contributed by atoms with Crippen LogP contribution in [0.3, 0.4) is 0 Å². The number of aromatic nitrogens is 4. The summed E-state index contributed by atoms with van der Waals surface area (Å²) >= 11 is 0. The molecule has 3 aromatic heterocycles. The molecule has 0 aromatic carbocycles. The molecule has 132 valence electrons. The largest absolute Gasteiger partial charge is 0.376 e. The first kappa shape index (κ1) is 16.1. The van der Waals surface area contributed by atoms with Crippen LogP contribution in [0, 0.1) is 10.1 Å². The average molecular weight is 352 g/mol. The number of fused-ring (bicyclic) bond motifs is 1. The van der Waals surface area contributed by atoms with Crippen LogP contribution in [0.4, 0.5) is 11.5 Å². The van der Waals surface area contributed by atoms with Crippen LogP contribution >= 0.6 is 0 Å². The summed E-state index contributed by atoms with van der Waals surface area (Å²) in [6, 6.07) is 6.91. The van der Waals surface area contributed by atoms with Gasteiger partial charge in [-0.25, -0.2) is 15.0 Å². The molecule has 4 rings (SSSR count). The van der Waals surface area contributed by atoms with Crippen molar-refractivity contribution in [3.63, 3.8) is 0 Å². The molecule has 0 radical (unpaired) electrons. The number of piperidine rings is 1. The van der Waals surface area contributed by atoms with Gasteiger partial charge in [-0.15, -0.1) is 0 Å². The lowest BCUT2D eigenvalue weighted by atomic mass is 9.94. The molecule has 0 N–H and O–H groups in total. The molecule has 0 saturated carbocycles. The van der Waals surface area contributed by atoms with Crippen molar-refractivity contribution in [2.45, 2.75) is 18.8 Å². The maximum absolute atomic E-state index is 12.6. The van der Waals surface area contributed by atoms with E-state index in [0.29, 0.717) is 18.7 Å². The molecule has 0 amide bonds. The minimum atomic E-state index is -0.667. The summed E-state index contributed by atoms with van der Waals surface area (Å²) in [6.45, 7) is 1.13. The van der Waals surface area contributed by atoms with E-state index in [9.17, 15) is 14.9 Å². The third-order valence-corrected chi connectivity index (χ3v) is 4.62.